The van der Waals surface area contributed by atoms with Crippen LogP contribution < -0.4 is 10.2 Å². The van der Waals surface area contributed by atoms with Gasteiger partial charge in [0.25, 0.3) is 5.91 Å². The molecule has 5 heteroatoms. The van der Waals surface area contributed by atoms with Gasteiger partial charge in [-0.3, -0.25) is 9.59 Å². The molecular weight excluding hydrogens is 256 g/mol. The molecule has 20 heavy (non-hydrogen) atoms. The summed E-state index contributed by atoms with van der Waals surface area (Å²) in [6, 6.07) is 8.65. The predicted molar refractivity (Wildman–Crippen MR) is 76.5 cm³/mol. The van der Waals surface area contributed by atoms with E-state index in [4.69, 9.17) is 4.74 Å². The van der Waals surface area contributed by atoms with E-state index >= 15 is 0 Å². The van der Waals surface area contributed by atoms with E-state index in [0.717, 1.165) is 26.0 Å². The molecule has 2 rings (SSSR count). The van der Waals surface area contributed by atoms with Crippen LogP contribution in [0.1, 0.15) is 19.3 Å². The molecule has 2 amide bonds. The number of amides is 2. The van der Waals surface area contributed by atoms with Crippen molar-refractivity contribution in [1.82, 2.24) is 5.32 Å². The van der Waals surface area contributed by atoms with Crippen molar-refractivity contribution in [2.45, 2.75) is 25.3 Å². The van der Waals surface area contributed by atoms with Gasteiger partial charge in [-0.2, -0.15) is 0 Å². The third kappa shape index (κ3) is 3.43. The maximum absolute atomic E-state index is 12.3. The standard InChI is InChI=1S/C15H20N2O3/c1-20-10-6-5-9-16-13-11-14(18)17(15(13)19)12-7-3-2-4-8-12/h2-4,7-8,13,16H,5-6,9-11H2,1H3. The van der Waals surface area contributed by atoms with Gasteiger partial charge in [0.2, 0.25) is 5.91 Å². The minimum absolute atomic E-state index is 0.143. The van der Waals surface area contributed by atoms with Gasteiger partial charge in [-0.1, -0.05) is 18.2 Å². The highest BCUT2D eigenvalue weighted by atomic mass is 16.5. The van der Waals surface area contributed by atoms with Crippen molar-refractivity contribution in [3.05, 3.63) is 30.3 Å². The second-order valence-corrected chi connectivity index (χ2v) is 4.81. The number of benzene rings is 1. The Bertz CT molecular complexity index is 461. The second kappa shape index (κ2) is 7.17. The van der Waals surface area contributed by atoms with Crippen LogP contribution in [-0.4, -0.2) is 38.1 Å². The largest absolute Gasteiger partial charge is 0.385 e. The van der Waals surface area contributed by atoms with Crippen molar-refractivity contribution < 1.29 is 14.3 Å². The molecule has 1 heterocycles. The summed E-state index contributed by atoms with van der Waals surface area (Å²) >= 11 is 0. The number of nitrogens with zero attached hydrogens (tertiary/aromatic N) is 1. The second-order valence-electron chi connectivity index (χ2n) is 4.81. The van der Waals surface area contributed by atoms with Crippen molar-refractivity contribution in [2.24, 2.45) is 0 Å². The Morgan fingerprint density at radius 1 is 1.25 bits per heavy atom. The first-order valence-electron chi connectivity index (χ1n) is 6.88. The van der Waals surface area contributed by atoms with Crippen molar-refractivity contribution >= 4 is 17.5 Å². The fourth-order valence-electron chi connectivity index (χ4n) is 2.29. The summed E-state index contributed by atoms with van der Waals surface area (Å²) < 4.78 is 4.97. The van der Waals surface area contributed by atoms with Crippen LogP contribution in [0.15, 0.2) is 30.3 Å². The van der Waals surface area contributed by atoms with E-state index < -0.39 is 6.04 Å². The number of hydrogen-bond acceptors (Lipinski definition) is 4. The molecule has 0 radical (unpaired) electrons. The van der Waals surface area contributed by atoms with Crippen LogP contribution in [0.3, 0.4) is 0 Å². The van der Waals surface area contributed by atoms with Crippen LogP contribution in [0.25, 0.3) is 0 Å². The third-order valence-corrected chi connectivity index (χ3v) is 3.33. The Hall–Kier alpha value is -1.72. The SMILES string of the molecule is COCCCCNC1CC(=O)N(c2ccccc2)C1=O. The van der Waals surface area contributed by atoms with Crippen molar-refractivity contribution in [1.29, 1.82) is 0 Å². The minimum Gasteiger partial charge on any atom is -0.385 e. The number of methoxy groups -OCH3 is 1. The van der Waals surface area contributed by atoms with Crippen LogP contribution in [0.5, 0.6) is 0 Å². The summed E-state index contributed by atoms with van der Waals surface area (Å²) in [5, 5.41) is 3.15. The summed E-state index contributed by atoms with van der Waals surface area (Å²) in [7, 11) is 1.67. The lowest BCUT2D eigenvalue weighted by atomic mass is 10.2. The topological polar surface area (TPSA) is 58.6 Å². The van der Waals surface area contributed by atoms with Gasteiger partial charge in [-0.25, -0.2) is 4.90 Å². The van der Waals surface area contributed by atoms with Gasteiger partial charge in [0.1, 0.15) is 0 Å². The highest BCUT2D eigenvalue weighted by Gasteiger charge is 2.38. The van der Waals surface area contributed by atoms with E-state index in [9.17, 15) is 9.59 Å². The van der Waals surface area contributed by atoms with Gasteiger partial charge < -0.3 is 10.1 Å². The number of imide groups is 1. The lowest BCUT2D eigenvalue weighted by Gasteiger charge is -2.15. The summed E-state index contributed by atoms with van der Waals surface area (Å²) in [5.74, 6) is -0.302. The van der Waals surface area contributed by atoms with E-state index in [1.807, 2.05) is 18.2 Å². The minimum atomic E-state index is -0.398. The van der Waals surface area contributed by atoms with Gasteiger partial charge in [-0.05, 0) is 31.5 Å². The number of carbonyl (C=O) groups excluding carboxylic acids is 2. The fraction of sp³-hybridized carbons (Fsp3) is 0.467. The van der Waals surface area contributed by atoms with Crippen LogP contribution in [0.4, 0.5) is 5.69 Å². The maximum atomic E-state index is 12.3. The molecule has 0 spiro atoms. The van der Waals surface area contributed by atoms with E-state index in [1.54, 1.807) is 19.2 Å². The summed E-state index contributed by atoms with van der Waals surface area (Å²) in [6.07, 6.45) is 2.11. The Kier molecular flexibility index (Phi) is 5.26. The van der Waals surface area contributed by atoms with E-state index in [1.165, 1.54) is 4.90 Å². The van der Waals surface area contributed by atoms with Gasteiger partial charge in [-0.15, -0.1) is 0 Å². The highest BCUT2D eigenvalue weighted by molar-refractivity contribution is 6.22. The van der Waals surface area contributed by atoms with Crippen LogP contribution in [0.2, 0.25) is 0 Å². The number of hydrogen-bond donors (Lipinski definition) is 1. The number of ether oxygens (including phenoxy) is 1. The van der Waals surface area contributed by atoms with Gasteiger partial charge in [0, 0.05) is 13.7 Å². The van der Waals surface area contributed by atoms with E-state index in [0.29, 0.717) is 5.69 Å². The quantitative estimate of drug-likeness (QED) is 0.603. The molecule has 1 saturated heterocycles. The zero-order valence-electron chi connectivity index (χ0n) is 11.7. The van der Waals surface area contributed by atoms with Crippen LogP contribution in [0, 0.1) is 0 Å². The summed E-state index contributed by atoms with van der Waals surface area (Å²) in [5.41, 5.74) is 0.645. The Morgan fingerprint density at radius 3 is 2.70 bits per heavy atom. The van der Waals surface area contributed by atoms with E-state index in [2.05, 4.69) is 5.32 Å². The lowest BCUT2D eigenvalue weighted by Crippen LogP contribution is -2.39. The fourth-order valence-corrected chi connectivity index (χ4v) is 2.29. The predicted octanol–water partition coefficient (Wildman–Crippen LogP) is 1.33. The number of para-hydroxylation sites is 1. The monoisotopic (exact) mass is 276 g/mol. The average Bonchev–Trinajstić information content (AvgIpc) is 2.74. The molecule has 0 saturated carbocycles. The third-order valence-electron chi connectivity index (χ3n) is 3.33. The molecule has 1 aromatic rings. The molecule has 1 aliphatic rings. The van der Waals surface area contributed by atoms with Gasteiger partial charge in [0.15, 0.2) is 0 Å². The molecule has 1 aliphatic heterocycles. The van der Waals surface area contributed by atoms with Crippen molar-refractivity contribution in [3.8, 4) is 0 Å². The molecule has 1 N–H and O–H groups in total. The first-order chi connectivity index (χ1) is 9.74. The van der Waals surface area contributed by atoms with Crippen molar-refractivity contribution in [3.63, 3.8) is 0 Å². The molecule has 1 atom stereocenters. The number of nitrogens with one attached hydrogen (secondary N) is 1. The average molecular weight is 276 g/mol. The maximum Gasteiger partial charge on any atom is 0.251 e. The number of unbranched alkanes of at least 4 members (excludes halogenated alkanes) is 1. The first kappa shape index (κ1) is 14.7. The summed E-state index contributed by atoms with van der Waals surface area (Å²) in [4.78, 5) is 25.5. The molecule has 1 unspecified atom stereocenters. The van der Waals surface area contributed by atoms with Crippen LogP contribution >= 0.6 is 0 Å². The molecule has 108 valence electrons. The van der Waals surface area contributed by atoms with E-state index in [-0.39, 0.29) is 18.2 Å². The highest BCUT2D eigenvalue weighted by Crippen LogP contribution is 2.22. The number of rotatable bonds is 7. The molecular formula is C15H20N2O3. The van der Waals surface area contributed by atoms with Crippen molar-refractivity contribution in [2.75, 3.05) is 25.2 Å². The lowest BCUT2D eigenvalue weighted by molar-refractivity contribution is -0.121. The summed E-state index contributed by atoms with van der Waals surface area (Å²) in [6.45, 7) is 1.44. The number of carbonyl (C=O) groups is 2. The zero-order chi connectivity index (χ0) is 14.4. The molecule has 1 fully saturated rings. The Labute approximate surface area is 118 Å². The molecule has 0 aliphatic carbocycles. The first-order valence-corrected chi connectivity index (χ1v) is 6.88. The smallest absolute Gasteiger partial charge is 0.251 e. The molecule has 5 nitrogen and oxygen atoms in total. The van der Waals surface area contributed by atoms with Gasteiger partial charge in [0.05, 0.1) is 18.2 Å². The number of anilines is 1. The van der Waals surface area contributed by atoms with Crippen LogP contribution in [-0.2, 0) is 14.3 Å². The van der Waals surface area contributed by atoms with Gasteiger partial charge >= 0.3 is 0 Å². The Morgan fingerprint density at radius 2 is 2.00 bits per heavy atom. The molecule has 1 aromatic carbocycles. The normalized spacial score (nSPS) is 18.9. The molecule has 0 bridgehead atoms. The molecule has 0 aromatic heterocycles. The Balaban J connectivity index is 1.89. The zero-order valence-corrected chi connectivity index (χ0v) is 11.7.